The monoisotopic (exact) mass is 395 g/mol. The predicted molar refractivity (Wildman–Crippen MR) is 96.6 cm³/mol. The molecule has 1 radical (unpaired) electrons. The molecule has 0 aromatic heterocycles. The van der Waals surface area contributed by atoms with Crippen LogP contribution in [0.1, 0.15) is 26.7 Å². The Balaban J connectivity index is 0.00000312. The second-order valence-electron chi connectivity index (χ2n) is 5.17. The van der Waals surface area contributed by atoms with Gasteiger partial charge in [0.2, 0.25) is 0 Å². The summed E-state index contributed by atoms with van der Waals surface area (Å²) in [7, 11) is -8.46. The quantitative estimate of drug-likeness (QED) is 0.505. The molecule has 0 unspecified atom stereocenters. The van der Waals surface area contributed by atoms with Gasteiger partial charge in [-0.2, -0.15) is 16.8 Å². The minimum absolute atomic E-state index is 0. The van der Waals surface area contributed by atoms with Crippen LogP contribution in [0.4, 0.5) is 0 Å². The van der Waals surface area contributed by atoms with Crippen molar-refractivity contribution in [3.8, 4) is 0 Å². The molecule has 9 heteroatoms. The number of hydrogen-bond acceptors (Lipinski definition) is 6. The van der Waals surface area contributed by atoms with Gasteiger partial charge in [-0.3, -0.25) is 8.37 Å². The van der Waals surface area contributed by atoms with Crippen molar-refractivity contribution in [2.75, 3.05) is 13.2 Å². The first-order chi connectivity index (χ1) is 11.3. The van der Waals surface area contributed by atoms with Crippen LogP contribution in [0, 0.1) is 0 Å². The first-order valence-electron chi connectivity index (χ1n) is 7.64. The zero-order valence-corrected chi connectivity index (χ0v) is 18.2. The van der Waals surface area contributed by atoms with Gasteiger partial charge in [0.1, 0.15) is 9.79 Å². The van der Waals surface area contributed by atoms with Crippen molar-refractivity contribution in [2.45, 2.75) is 36.5 Å². The number of hydrogen-bond donors (Lipinski definition) is 0. The summed E-state index contributed by atoms with van der Waals surface area (Å²) >= 11 is 0. The molecule has 0 amide bonds. The van der Waals surface area contributed by atoms with E-state index < -0.39 is 25.1 Å². The normalized spacial score (nSPS) is 12.1. The summed E-state index contributed by atoms with van der Waals surface area (Å²) in [5.74, 6) is 0. The van der Waals surface area contributed by atoms with Crippen molar-refractivity contribution < 1.29 is 25.2 Å². The van der Waals surface area contributed by atoms with Crippen molar-refractivity contribution in [2.24, 2.45) is 0 Å². The van der Waals surface area contributed by atoms with Gasteiger partial charge in [-0.15, -0.1) is 0 Å². The molecule has 0 heterocycles. The van der Waals surface area contributed by atoms with E-state index in [-0.39, 0.29) is 53.1 Å². The molecule has 6 nitrogen and oxygen atoms in total. The zero-order valence-electron chi connectivity index (χ0n) is 14.6. The Morgan fingerprint density at radius 3 is 1.96 bits per heavy atom. The topological polar surface area (TPSA) is 86.7 Å². The molecule has 2 aromatic rings. The second-order valence-corrected chi connectivity index (χ2v) is 8.30. The van der Waals surface area contributed by atoms with E-state index in [1.165, 1.54) is 6.07 Å². The first kappa shape index (κ1) is 22.6. The third-order valence-corrected chi connectivity index (χ3v) is 6.15. The molecule has 0 spiro atoms. The van der Waals surface area contributed by atoms with Crippen LogP contribution >= 0.6 is 0 Å². The van der Waals surface area contributed by atoms with Crippen LogP contribution in [0.25, 0.3) is 10.8 Å². The fourth-order valence-corrected chi connectivity index (χ4v) is 5.16. The molecule has 0 aliphatic heterocycles. The standard InChI is InChI=1S/C16H20O6S2.Na/c1-3-11-21-23(17,18)15-10-9-13-7-5-6-8-14(13)16(15)24(19,20)22-12-4-2;/h5-10H,3-4,11-12H2,1-2H3;. The average Bonchev–Trinajstić information content (AvgIpc) is 2.57. The molecule has 0 saturated heterocycles. The van der Waals surface area contributed by atoms with Crippen LogP contribution in [0.5, 0.6) is 0 Å². The van der Waals surface area contributed by atoms with Crippen LogP contribution in [0.15, 0.2) is 46.2 Å². The zero-order chi connectivity index (χ0) is 17.8. The van der Waals surface area contributed by atoms with Crippen molar-refractivity contribution in [3.63, 3.8) is 0 Å². The third kappa shape index (κ3) is 5.26. The molecular formula is C16H20NaO6S2. The Kier molecular flexibility index (Phi) is 8.53. The summed E-state index contributed by atoms with van der Waals surface area (Å²) in [6.45, 7) is 3.48. The van der Waals surface area contributed by atoms with Gasteiger partial charge in [0.15, 0.2) is 0 Å². The van der Waals surface area contributed by atoms with Gasteiger partial charge in [0.05, 0.1) is 13.2 Å². The van der Waals surface area contributed by atoms with Crippen LogP contribution in [0.2, 0.25) is 0 Å². The van der Waals surface area contributed by atoms with Crippen LogP contribution in [-0.4, -0.2) is 59.6 Å². The summed E-state index contributed by atoms with van der Waals surface area (Å²) in [6, 6.07) is 9.44. The first-order valence-corrected chi connectivity index (χ1v) is 10.5. The Bertz CT molecular complexity index is 923. The maximum Gasteiger partial charge on any atom is 0.299 e. The molecule has 0 atom stereocenters. The average molecular weight is 395 g/mol. The summed E-state index contributed by atoms with van der Waals surface area (Å²) < 4.78 is 59.9. The van der Waals surface area contributed by atoms with E-state index >= 15 is 0 Å². The second kappa shape index (κ2) is 9.45. The van der Waals surface area contributed by atoms with Crippen LogP contribution < -0.4 is 0 Å². The van der Waals surface area contributed by atoms with Crippen LogP contribution in [0.3, 0.4) is 0 Å². The molecule has 0 saturated carbocycles. The maximum absolute atomic E-state index is 12.6. The number of benzene rings is 2. The summed E-state index contributed by atoms with van der Waals surface area (Å²) in [5, 5.41) is 0.889. The number of rotatable bonds is 8. The molecule has 0 aliphatic carbocycles. The molecule has 133 valence electrons. The number of fused-ring (bicyclic) bond motifs is 1. The maximum atomic E-state index is 12.6. The Labute approximate surface area is 171 Å². The van der Waals surface area contributed by atoms with Crippen molar-refractivity contribution in [3.05, 3.63) is 36.4 Å². The van der Waals surface area contributed by atoms with Gasteiger partial charge in [-0.05, 0) is 24.3 Å². The molecule has 2 rings (SSSR count). The van der Waals surface area contributed by atoms with E-state index in [0.717, 1.165) is 0 Å². The van der Waals surface area contributed by atoms with Crippen molar-refractivity contribution in [1.29, 1.82) is 0 Å². The largest absolute Gasteiger partial charge is 0.299 e. The van der Waals surface area contributed by atoms with Gasteiger partial charge < -0.3 is 0 Å². The Hall–Kier alpha value is -0.480. The molecule has 25 heavy (non-hydrogen) atoms. The molecule has 0 fully saturated rings. The minimum Gasteiger partial charge on any atom is -0.266 e. The Morgan fingerprint density at radius 1 is 0.800 bits per heavy atom. The van der Waals surface area contributed by atoms with Crippen LogP contribution in [-0.2, 0) is 28.6 Å². The van der Waals surface area contributed by atoms with E-state index in [4.69, 9.17) is 8.37 Å². The minimum atomic E-state index is -4.25. The summed E-state index contributed by atoms with van der Waals surface area (Å²) in [5.41, 5.74) is 0. The molecule has 0 aliphatic rings. The third-order valence-electron chi connectivity index (χ3n) is 3.25. The summed E-state index contributed by atoms with van der Waals surface area (Å²) in [4.78, 5) is -0.768. The molecular weight excluding hydrogens is 375 g/mol. The van der Waals surface area contributed by atoms with Gasteiger partial charge in [0.25, 0.3) is 20.2 Å². The SMILES string of the molecule is CCCOS(=O)(=O)c1ccc2ccccc2c1S(=O)(=O)OCCC.[Na]. The van der Waals surface area contributed by atoms with Crippen molar-refractivity contribution >= 4 is 60.6 Å². The molecule has 0 N–H and O–H groups in total. The van der Waals surface area contributed by atoms with E-state index in [2.05, 4.69) is 0 Å². The van der Waals surface area contributed by atoms with Crippen molar-refractivity contribution in [1.82, 2.24) is 0 Å². The molecule has 0 bridgehead atoms. The van der Waals surface area contributed by atoms with Gasteiger partial charge in [0, 0.05) is 34.9 Å². The van der Waals surface area contributed by atoms with Gasteiger partial charge in [-0.1, -0.05) is 44.2 Å². The fourth-order valence-electron chi connectivity index (χ4n) is 2.19. The smallest absolute Gasteiger partial charge is 0.266 e. The summed E-state index contributed by atoms with van der Waals surface area (Å²) in [6.07, 6.45) is 0.972. The van der Waals surface area contributed by atoms with E-state index in [0.29, 0.717) is 18.2 Å². The van der Waals surface area contributed by atoms with Gasteiger partial charge >= 0.3 is 0 Å². The van der Waals surface area contributed by atoms with E-state index in [9.17, 15) is 16.8 Å². The van der Waals surface area contributed by atoms with E-state index in [1.807, 2.05) is 0 Å². The fraction of sp³-hybridized carbons (Fsp3) is 0.375. The molecule has 2 aromatic carbocycles. The Morgan fingerprint density at radius 2 is 1.36 bits per heavy atom. The predicted octanol–water partition coefficient (Wildman–Crippen LogP) is 2.69. The van der Waals surface area contributed by atoms with Gasteiger partial charge in [-0.25, -0.2) is 0 Å². The van der Waals surface area contributed by atoms with E-state index in [1.54, 1.807) is 44.2 Å².